The summed E-state index contributed by atoms with van der Waals surface area (Å²) in [5, 5.41) is 0. The van der Waals surface area contributed by atoms with E-state index in [1.54, 1.807) is 0 Å². The average Bonchev–Trinajstić information content (AvgIpc) is 2.34. The Balaban J connectivity index is 2.28. The van der Waals surface area contributed by atoms with Gasteiger partial charge < -0.3 is 0 Å². The van der Waals surface area contributed by atoms with Gasteiger partial charge in [0.15, 0.2) is 5.78 Å². The third-order valence-electron chi connectivity index (χ3n) is 3.05. The van der Waals surface area contributed by atoms with Crippen LogP contribution in [0.2, 0.25) is 0 Å². The molecule has 0 aromatic heterocycles. The second kappa shape index (κ2) is 4.21. The third kappa shape index (κ3) is 1.76. The van der Waals surface area contributed by atoms with Crippen LogP contribution >= 0.6 is 38.5 Å². The van der Waals surface area contributed by atoms with Gasteiger partial charge in [0.05, 0.1) is 0 Å². The molecule has 0 saturated carbocycles. The Bertz CT molecular complexity index is 634. The van der Waals surface area contributed by atoms with Crippen molar-refractivity contribution in [2.75, 3.05) is 0 Å². The highest BCUT2D eigenvalue weighted by atomic mass is 127. The van der Waals surface area contributed by atoms with Gasteiger partial charge in [-0.15, -0.1) is 0 Å². The van der Waals surface area contributed by atoms with E-state index >= 15 is 0 Å². The SMILES string of the molecule is O=C1c2ccccc2Cc2ccc(Br)c(I)c21. The smallest absolute Gasteiger partial charge is 0.194 e. The molecule has 0 bridgehead atoms. The van der Waals surface area contributed by atoms with Crippen molar-refractivity contribution in [3.63, 3.8) is 0 Å². The highest BCUT2D eigenvalue weighted by molar-refractivity contribution is 14.1. The predicted molar refractivity (Wildman–Crippen MR) is 79.5 cm³/mol. The molecule has 0 N–H and O–H groups in total. The monoisotopic (exact) mass is 398 g/mol. The van der Waals surface area contributed by atoms with E-state index in [0.717, 1.165) is 36.7 Å². The molecule has 0 atom stereocenters. The van der Waals surface area contributed by atoms with Crippen LogP contribution in [0.1, 0.15) is 27.0 Å². The van der Waals surface area contributed by atoms with Gasteiger partial charge in [0.25, 0.3) is 0 Å². The molecule has 1 aliphatic carbocycles. The van der Waals surface area contributed by atoms with Gasteiger partial charge in [-0.25, -0.2) is 0 Å². The normalized spacial score (nSPS) is 13.2. The van der Waals surface area contributed by atoms with E-state index in [0.29, 0.717) is 0 Å². The lowest BCUT2D eigenvalue weighted by molar-refractivity contribution is 0.103. The fourth-order valence-corrected chi connectivity index (χ4v) is 3.32. The van der Waals surface area contributed by atoms with Crippen molar-refractivity contribution in [1.82, 2.24) is 0 Å². The molecule has 2 aromatic carbocycles. The predicted octanol–water partition coefficient (Wildman–Crippen LogP) is 4.19. The number of fused-ring (bicyclic) bond motifs is 2. The van der Waals surface area contributed by atoms with Gasteiger partial charge in [-0.05, 0) is 62.1 Å². The van der Waals surface area contributed by atoms with E-state index in [4.69, 9.17) is 0 Å². The molecular weight excluding hydrogens is 391 g/mol. The van der Waals surface area contributed by atoms with Crippen molar-refractivity contribution in [1.29, 1.82) is 0 Å². The Labute approximate surface area is 122 Å². The Morgan fingerprint density at radius 2 is 1.82 bits per heavy atom. The summed E-state index contributed by atoms with van der Waals surface area (Å²) >= 11 is 5.72. The van der Waals surface area contributed by atoms with Crippen molar-refractivity contribution in [3.8, 4) is 0 Å². The summed E-state index contributed by atoms with van der Waals surface area (Å²) in [5.41, 5.74) is 3.96. The lowest BCUT2D eigenvalue weighted by atomic mass is 9.85. The summed E-state index contributed by atoms with van der Waals surface area (Å²) in [6.07, 6.45) is 0.848. The van der Waals surface area contributed by atoms with Gasteiger partial charge in [-0.1, -0.05) is 30.3 Å². The first-order valence-corrected chi connectivity index (χ1v) is 7.15. The number of carbonyl (C=O) groups is 1. The second-order valence-corrected chi connectivity index (χ2v) is 5.99. The number of benzene rings is 2. The van der Waals surface area contributed by atoms with Gasteiger partial charge in [0.2, 0.25) is 0 Å². The van der Waals surface area contributed by atoms with Gasteiger partial charge in [-0.3, -0.25) is 4.79 Å². The molecule has 0 spiro atoms. The average molecular weight is 399 g/mol. The van der Waals surface area contributed by atoms with E-state index in [2.05, 4.69) is 38.5 Å². The quantitative estimate of drug-likeness (QED) is 0.519. The first-order chi connectivity index (χ1) is 8.18. The molecule has 17 heavy (non-hydrogen) atoms. The molecule has 3 heteroatoms. The molecule has 0 amide bonds. The van der Waals surface area contributed by atoms with Crippen molar-refractivity contribution in [3.05, 3.63) is 66.7 Å². The summed E-state index contributed by atoms with van der Waals surface area (Å²) in [6, 6.07) is 11.9. The first kappa shape index (κ1) is 11.4. The Morgan fingerprint density at radius 3 is 2.65 bits per heavy atom. The summed E-state index contributed by atoms with van der Waals surface area (Å²) in [6.45, 7) is 0. The fraction of sp³-hybridized carbons (Fsp3) is 0.0714. The minimum atomic E-state index is 0.146. The summed E-state index contributed by atoms with van der Waals surface area (Å²) < 4.78 is 2.00. The molecule has 0 fully saturated rings. The lowest BCUT2D eigenvalue weighted by Gasteiger charge is -2.20. The Kier molecular flexibility index (Phi) is 2.83. The zero-order valence-corrected chi connectivity index (χ0v) is 12.6. The van der Waals surface area contributed by atoms with E-state index in [9.17, 15) is 4.79 Å². The number of ketones is 1. The van der Waals surface area contributed by atoms with Crippen molar-refractivity contribution >= 4 is 44.3 Å². The molecule has 0 heterocycles. The maximum Gasteiger partial charge on any atom is 0.194 e. The maximum atomic E-state index is 12.5. The van der Waals surface area contributed by atoms with Crippen LogP contribution < -0.4 is 0 Å². The van der Waals surface area contributed by atoms with Crippen LogP contribution in [0, 0.1) is 3.57 Å². The topological polar surface area (TPSA) is 17.1 Å². The van der Waals surface area contributed by atoms with Crippen LogP contribution in [0.25, 0.3) is 0 Å². The molecule has 0 saturated heterocycles. The highest BCUT2D eigenvalue weighted by Gasteiger charge is 2.25. The number of hydrogen-bond donors (Lipinski definition) is 0. The summed E-state index contributed by atoms with van der Waals surface area (Å²) in [4.78, 5) is 12.5. The van der Waals surface area contributed by atoms with Crippen LogP contribution in [-0.2, 0) is 6.42 Å². The van der Waals surface area contributed by atoms with Crippen LogP contribution in [0.3, 0.4) is 0 Å². The van der Waals surface area contributed by atoms with Crippen molar-refractivity contribution < 1.29 is 4.79 Å². The largest absolute Gasteiger partial charge is 0.289 e. The van der Waals surface area contributed by atoms with E-state index in [-0.39, 0.29) is 5.78 Å². The molecule has 3 rings (SSSR count). The zero-order chi connectivity index (χ0) is 12.0. The van der Waals surface area contributed by atoms with E-state index in [1.807, 2.05) is 36.4 Å². The minimum absolute atomic E-state index is 0.146. The molecular formula is C14H8BrIO. The maximum absolute atomic E-state index is 12.5. The van der Waals surface area contributed by atoms with Gasteiger partial charge in [-0.2, -0.15) is 0 Å². The minimum Gasteiger partial charge on any atom is -0.289 e. The fourth-order valence-electron chi connectivity index (χ4n) is 2.22. The number of carbonyl (C=O) groups excluding carboxylic acids is 1. The third-order valence-corrected chi connectivity index (χ3v) is 5.57. The van der Waals surface area contributed by atoms with Crippen LogP contribution in [0.15, 0.2) is 40.9 Å². The van der Waals surface area contributed by atoms with Gasteiger partial charge >= 0.3 is 0 Å². The van der Waals surface area contributed by atoms with Gasteiger partial charge in [0, 0.05) is 19.2 Å². The molecule has 2 aromatic rings. The number of rotatable bonds is 0. The molecule has 1 aliphatic rings. The van der Waals surface area contributed by atoms with E-state index in [1.165, 1.54) is 0 Å². The van der Waals surface area contributed by atoms with Crippen LogP contribution in [-0.4, -0.2) is 5.78 Å². The van der Waals surface area contributed by atoms with Crippen LogP contribution in [0.4, 0.5) is 0 Å². The lowest BCUT2D eigenvalue weighted by Crippen LogP contribution is -2.16. The van der Waals surface area contributed by atoms with Crippen molar-refractivity contribution in [2.24, 2.45) is 0 Å². The Morgan fingerprint density at radius 1 is 1.06 bits per heavy atom. The molecule has 1 nitrogen and oxygen atoms in total. The Hall–Kier alpha value is -0.680. The van der Waals surface area contributed by atoms with Gasteiger partial charge in [0.1, 0.15) is 0 Å². The first-order valence-electron chi connectivity index (χ1n) is 5.28. The summed E-state index contributed by atoms with van der Waals surface area (Å²) in [7, 11) is 0. The number of hydrogen-bond acceptors (Lipinski definition) is 1. The molecule has 84 valence electrons. The molecule has 0 unspecified atom stereocenters. The standard InChI is InChI=1S/C14H8BrIO/c15-11-6-5-9-7-8-3-1-2-4-10(8)14(17)12(9)13(11)16/h1-6H,7H2. The highest BCUT2D eigenvalue weighted by Crippen LogP contribution is 2.33. The zero-order valence-electron chi connectivity index (χ0n) is 8.84. The van der Waals surface area contributed by atoms with Crippen molar-refractivity contribution in [2.45, 2.75) is 6.42 Å². The summed E-state index contributed by atoms with van der Waals surface area (Å²) in [5.74, 6) is 0.146. The van der Waals surface area contributed by atoms with Crippen LogP contribution in [0.5, 0.6) is 0 Å². The number of halogens is 2. The molecule has 0 aliphatic heterocycles. The second-order valence-electron chi connectivity index (χ2n) is 4.06. The molecule has 0 radical (unpaired) electrons. The van der Waals surface area contributed by atoms with E-state index < -0.39 is 0 Å².